The molecule has 0 spiro atoms. The number of carbonyl (C=O) groups excluding carboxylic acids is 1. The summed E-state index contributed by atoms with van der Waals surface area (Å²) in [6.07, 6.45) is 10.7. The Balaban J connectivity index is 2.23. The monoisotopic (exact) mass is 423 g/mol. The fourth-order valence-electron chi connectivity index (χ4n) is 4.96. The topological polar surface area (TPSA) is 35.6 Å². The molecule has 1 aliphatic rings. The van der Waals surface area contributed by atoms with Gasteiger partial charge in [-0.2, -0.15) is 0 Å². The summed E-state index contributed by atoms with van der Waals surface area (Å²) in [5.74, 6) is 2.91. The van der Waals surface area contributed by atoms with Gasteiger partial charge in [-0.1, -0.05) is 45.7 Å². The molecule has 31 heavy (non-hydrogen) atoms. The molecule has 0 aliphatic carbocycles. The maximum Gasteiger partial charge on any atom is 0.243 e. The molecule has 1 aromatic carbocycles. The van der Waals surface area contributed by atoms with Gasteiger partial charge in [0.25, 0.3) is 0 Å². The zero-order valence-electron chi connectivity index (χ0n) is 20.4. The number of hydrogen-bond donors (Lipinski definition) is 1. The van der Waals surface area contributed by atoms with Crippen molar-refractivity contribution in [3.63, 3.8) is 0 Å². The second kappa shape index (κ2) is 11.4. The lowest BCUT2D eigenvalue weighted by molar-refractivity contribution is -0.125. The smallest absolute Gasteiger partial charge is 0.243 e. The van der Waals surface area contributed by atoms with Crippen LogP contribution in [-0.4, -0.2) is 54.5 Å². The van der Waals surface area contributed by atoms with E-state index in [1.807, 2.05) is 0 Å². The van der Waals surface area contributed by atoms with Crippen molar-refractivity contribution >= 4 is 5.91 Å². The van der Waals surface area contributed by atoms with Crippen molar-refractivity contribution in [1.82, 2.24) is 15.1 Å². The van der Waals surface area contributed by atoms with Crippen molar-refractivity contribution in [2.24, 2.45) is 0 Å². The minimum Gasteiger partial charge on any atom is -0.366 e. The van der Waals surface area contributed by atoms with E-state index in [-0.39, 0.29) is 17.4 Å². The van der Waals surface area contributed by atoms with Crippen LogP contribution in [0.5, 0.6) is 0 Å². The Kier molecular flexibility index (Phi) is 9.19. The molecule has 1 N–H and O–H groups in total. The van der Waals surface area contributed by atoms with Crippen LogP contribution in [-0.2, 0) is 10.2 Å². The van der Waals surface area contributed by atoms with Crippen LogP contribution in [0.15, 0.2) is 30.0 Å². The van der Waals surface area contributed by atoms with E-state index < -0.39 is 0 Å². The molecule has 1 aromatic rings. The third-order valence-corrected chi connectivity index (χ3v) is 7.18. The van der Waals surface area contributed by atoms with Crippen LogP contribution in [0.1, 0.15) is 70.6 Å². The third kappa shape index (κ3) is 5.33. The van der Waals surface area contributed by atoms with Crippen molar-refractivity contribution in [3.05, 3.63) is 46.7 Å². The Morgan fingerprint density at radius 2 is 1.90 bits per heavy atom. The van der Waals surface area contributed by atoms with Gasteiger partial charge in [-0.3, -0.25) is 4.79 Å². The number of carbonyl (C=O) groups is 1. The zero-order chi connectivity index (χ0) is 23.0. The second-order valence-electron chi connectivity index (χ2n) is 8.49. The summed E-state index contributed by atoms with van der Waals surface area (Å²) >= 11 is 0. The van der Waals surface area contributed by atoms with Crippen molar-refractivity contribution in [1.29, 1.82) is 0 Å². The quantitative estimate of drug-likeness (QED) is 0.534. The van der Waals surface area contributed by atoms with Gasteiger partial charge >= 0.3 is 0 Å². The van der Waals surface area contributed by atoms with E-state index in [4.69, 9.17) is 6.42 Å². The van der Waals surface area contributed by atoms with Crippen LogP contribution < -0.4 is 5.32 Å². The number of terminal acetylenes is 1. The fraction of sp³-hybridized carbons (Fsp3) is 0.593. The van der Waals surface area contributed by atoms with E-state index in [2.05, 4.69) is 87.0 Å². The molecule has 170 valence electrons. The van der Waals surface area contributed by atoms with Crippen molar-refractivity contribution < 1.29 is 4.79 Å². The van der Waals surface area contributed by atoms with E-state index in [1.54, 1.807) is 0 Å². The number of rotatable bonds is 11. The molecule has 0 aromatic heterocycles. The van der Waals surface area contributed by atoms with Crippen LogP contribution in [0.3, 0.4) is 0 Å². The molecular formula is C27H41N3O. The highest BCUT2D eigenvalue weighted by Crippen LogP contribution is 2.44. The van der Waals surface area contributed by atoms with Gasteiger partial charge in [-0.25, -0.2) is 0 Å². The number of amides is 1. The van der Waals surface area contributed by atoms with E-state index in [9.17, 15) is 4.79 Å². The molecule has 1 amide bonds. The fourth-order valence-corrected chi connectivity index (χ4v) is 4.96. The van der Waals surface area contributed by atoms with Gasteiger partial charge in [-0.05, 0) is 62.5 Å². The molecule has 4 heteroatoms. The van der Waals surface area contributed by atoms with E-state index in [0.717, 1.165) is 56.6 Å². The molecule has 0 saturated carbocycles. The average molecular weight is 424 g/mol. The van der Waals surface area contributed by atoms with Crippen LogP contribution in [0.4, 0.5) is 0 Å². The van der Waals surface area contributed by atoms with Crippen LogP contribution in [0.2, 0.25) is 0 Å². The van der Waals surface area contributed by atoms with Crippen LogP contribution >= 0.6 is 0 Å². The average Bonchev–Trinajstić information content (AvgIpc) is 3.23. The first-order valence-electron chi connectivity index (χ1n) is 11.9. The van der Waals surface area contributed by atoms with Crippen molar-refractivity contribution in [2.75, 3.05) is 32.7 Å². The molecule has 1 atom stereocenters. The Hall–Kier alpha value is -2.25. The molecule has 1 aliphatic heterocycles. The summed E-state index contributed by atoms with van der Waals surface area (Å²) in [6, 6.07) is 6.37. The molecule has 1 heterocycles. The molecule has 2 rings (SSSR count). The summed E-state index contributed by atoms with van der Waals surface area (Å²) < 4.78 is 0. The molecule has 4 nitrogen and oxygen atoms in total. The second-order valence-corrected chi connectivity index (χ2v) is 8.49. The van der Waals surface area contributed by atoms with Gasteiger partial charge < -0.3 is 15.1 Å². The first-order valence-corrected chi connectivity index (χ1v) is 11.9. The summed E-state index contributed by atoms with van der Waals surface area (Å²) in [5, 5.41) is 3.18. The number of nitrogens with zero attached hydrogens (tertiary/aromatic N) is 2. The van der Waals surface area contributed by atoms with Gasteiger partial charge in [0.1, 0.15) is 6.04 Å². The summed E-state index contributed by atoms with van der Waals surface area (Å²) in [7, 11) is 0. The highest BCUT2D eigenvalue weighted by molar-refractivity contribution is 5.83. The molecule has 0 saturated heterocycles. The van der Waals surface area contributed by atoms with Crippen LogP contribution in [0.25, 0.3) is 0 Å². The molecule has 0 fully saturated rings. The summed E-state index contributed by atoms with van der Waals surface area (Å²) in [5.41, 5.74) is 4.69. The number of nitrogens with one attached hydrogen (secondary N) is 1. The minimum atomic E-state index is -0.125. The zero-order valence-corrected chi connectivity index (χ0v) is 20.4. The Morgan fingerprint density at radius 3 is 2.42 bits per heavy atom. The maximum atomic E-state index is 13.1. The van der Waals surface area contributed by atoms with Gasteiger partial charge in [-0.15, -0.1) is 6.42 Å². The summed E-state index contributed by atoms with van der Waals surface area (Å²) in [4.78, 5) is 17.6. The Morgan fingerprint density at radius 1 is 1.23 bits per heavy atom. The maximum absolute atomic E-state index is 13.1. The predicted molar refractivity (Wildman–Crippen MR) is 131 cm³/mol. The minimum absolute atomic E-state index is 0.0679. The third-order valence-electron chi connectivity index (χ3n) is 7.18. The number of hydrogen-bond acceptors (Lipinski definition) is 3. The van der Waals surface area contributed by atoms with Gasteiger partial charge in [0, 0.05) is 43.2 Å². The summed E-state index contributed by atoms with van der Waals surface area (Å²) in [6.45, 7) is 17.5. The Labute approximate surface area is 190 Å². The first kappa shape index (κ1) is 25.0. The SMILES string of the molecule is C#Cc1ccc(C(CC)(CC)C2=CN(CC)C(C(=O)NCCN(CC)CC)C2)cc1C. The van der Waals surface area contributed by atoms with Gasteiger partial charge in [0.05, 0.1) is 0 Å². The molecule has 0 bridgehead atoms. The van der Waals surface area contributed by atoms with Gasteiger partial charge in [0.2, 0.25) is 5.91 Å². The van der Waals surface area contributed by atoms with E-state index in [1.165, 1.54) is 11.1 Å². The number of aryl methyl sites for hydroxylation is 1. The highest BCUT2D eigenvalue weighted by Gasteiger charge is 2.40. The molecule has 0 radical (unpaired) electrons. The lowest BCUT2D eigenvalue weighted by Gasteiger charge is -2.34. The van der Waals surface area contributed by atoms with E-state index >= 15 is 0 Å². The largest absolute Gasteiger partial charge is 0.366 e. The standard InChI is InChI=1S/C27H41N3O/c1-8-22-14-15-23(18-21(22)7)27(9-2,10-3)24-19-25(30(13-6)20-24)26(31)28-16-17-29(11-4)12-5/h1,14-15,18,20,25H,9-13,16-17,19H2,2-7H3,(H,28,31). The number of benzene rings is 1. The van der Waals surface area contributed by atoms with Gasteiger partial charge in [0.15, 0.2) is 0 Å². The normalized spacial score (nSPS) is 16.4. The lowest BCUT2D eigenvalue weighted by Crippen LogP contribution is -2.45. The first-order chi connectivity index (χ1) is 14.9. The van der Waals surface area contributed by atoms with Crippen LogP contribution in [0, 0.1) is 19.3 Å². The lowest BCUT2D eigenvalue weighted by atomic mass is 9.69. The van der Waals surface area contributed by atoms with Crippen molar-refractivity contribution in [3.8, 4) is 12.3 Å². The highest BCUT2D eigenvalue weighted by atomic mass is 16.2. The van der Waals surface area contributed by atoms with E-state index in [0.29, 0.717) is 6.54 Å². The molecule has 1 unspecified atom stereocenters. The Bertz CT molecular complexity index is 812. The number of likely N-dealkylation sites (N-methyl/N-ethyl adjacent to an activating group) is 2. The van der Waals surface area contributed by atoms with Crippen molar-refractivity contribution in [2.45, 2.75) is 72.3 Å². The predicted octanol–water partition coefficient (Wildman–Crippen LogP) is 4.47. The molecular weight excluding hydrogens is 382 g/mol.